The second-order valence-corrected chi connectivity index (χ2v) is 10.7. The van der Waals surface area contributed by atoms with Gasteiger partial charge in [0.15, 0.2) is 17.7 Å². The minimum Gasteiger partial charge on any atom is -0.479 e. The third-order valence-corrected chi connectivity index (χ3v) is 6.24. The Morgan fingerprint density at radius 3 is 2.27 bits per heavy atom. The van der Waals surface area contributed by atoms with Gasteiger partial charge in [-0.2, -0.15) is 0 Å². The first-order valence-electron chi connectivity index (χ1n) is 11.3. The van der Waals surface area contributed by atoms with Crippen LogP contribution >= 0.6 is 0 Å². The van der Waals surface area contributed by atoms with Crippen molar-refractivity contribution in [2.75, 3.05) is 18.0 Å². The number of aromatic nitrogens is 1. The molecule has 1 aliphatic rings. The number of hydrogen-bond acceptors (Lipinski definition) is 4. The molecule has 1 aromatic heterocycles. The highest BCUT2D eigenvalue weighted by atomic mass is 19.2. The standard InChI is InChI=1S/C26H34F2N2O3/c1-15-8-9-17(21(28)20(15)27)18-14-29-16(2)19(23(24(31)32)33-25(3,4)5)22(18)30-12-10-26(6,7)11-13-30/h8-9,14,23H,10-13H2,1-7H3,(H,31,32)/t23-/m0/s1. The molecule has 7 heteroatoms. The van der Waals surface area contributed by atoms with E-state index in [1.165, 1.54) is 25.3 Å². The first-order valence-corrected chi connectivity index (χ1v) is 11.3. The van der Waals surface area contributed by atoms with Crippen LogP contribution in [-0.4, -0.2) is 34.8 Å². The maximum Gasteiger partial charge on any atom is 0.337 e. The normalized spacial score (nSPS) is 17.2. The molecule has 0 radical (unpaired) electrons. The van der Waals surface area contributed by atoms with Gasteiger partial charge in [-0.1, -0.05) is 26.0 Å². The molecule has 0 aliphatic carbocycles. The van der Waals surface area contributed by atoms with Crippen LogP contribution in [0.25, 0.3) is 11.1 Å². The number of carboxylic acid groups (broad SMARTS) is 1. The largest absolute Gasteiger partial charge is 0.479 e. The first-order chi connectivity index (χ1) is 15.2. The van der Waals surface area contributed by atoms with Gasteiger partial charge >= 0.3 is 5.97 Å². The number of nitrogens with zero attached hydrogens (tertiary/aromatic N) is 2. The number of piperidine rings is 1. The maximum absolute atomic E-state index is 15.1. The van der Waals surface area contributed by atoms with Crippen LogP contribution in [0.4, 0.5) is 14.5 Å². The smallest absolute Gasteiger partial charge is 0.337 e. The van der Waals surface area contributed by atoms with Crippen LogP contribution in [0.5, 0.6) is 0 Å². The molecule has 1 atom stereocenters. The number of rotatable bonds is 5. The van der Waals surface area contributed by atoms with Crippen molar-refractivity contribution >= 4 is 11.7 Å². The number of anilines is 1. The third-order valence-electron chi connectivity index (χ3n) is 6.24. The van der Waals surface area contributed by atoms with Crippen LogP contribution in [0.1, 0.15) is 70.4 Å². The average molecular weight is 461 g/mol. The first kappa shape index (κ1) is 25.1. The Morgan fingerprint density at radius 1 is 1.12 bits per heavy atom. The molecule has 1 N–H and O–H groups in total. The van der Waals surface area contributed by atoms with Crippen LogP contribution in [0.2, 0.25) is 0 Å². The Morgan fingerprint density at radius 2 is 1.73 bits per heavy atom. The Bertz CT molecular complexity index is 1050. The summed E-state index contributed by atoms with van der Waals surface area (Å²) in [6.07, 6.45) is 1.98. The molecule has 1 fully saturated rings. The van der Waals surface area contributed by atoms with Crippen LogP contribution in [0.15, 0.2) is 18.3 Å². The van der Waals surface area contributed by atoms with Gasteiger partial charge < -0.3 is 14.7 Å². The van der Waals surface area contributed by atoms with Crippen molar-refractivity contribution in [2.24, 2.45) is 5.41 Å². The number of aliphatic carboxylic acids is 1. The molecule has 33 heavy (non-hydrogen) atoms. The number of pyridine rings is 1. The molecule has 0 amide bonds. The molecule has 2 aromatic rings. The zero-order valence-corrected chi connectivity index (χ0v) is 20.6. The molecule has 0 unspecified atom stereocenters. The molecule has 0 saturated carbocycles. The Hall–Kier alpha value is -2.54. The van der Waals surface area contributed by atoms with E-state index in [1.54, 1.807) is 27.7 Å². The molecule has 5 nitrogen and oxygen atoms in total. The summed E-state index contributed by atoms with van der Waals surface area (Å²) in [5.74, 6) is -3.03. The molecule has 1 aliphatic heterocycles. The fraction of sp³-hybridized carbons (Fsp3) is 0.538. The lowest BCUT2D eigenvalue weighted by atomic mass is 9.82. The lowest BCUT2D eigenvalue weighted by Crippen LogP contribution is -2.39. The molecule has 0 spiro atoms. The fourth-order valence-corrected chi connectivity index (χ4v) is 4.24. The summed E-state index contributed by atoms with van der Waals surface area (Å²) in [7, 11) is 0. The van der Waals surface area contributed by atoms with E-state index in [4.69, 9.17) is 4.74 Å². The van der Waals surface area contributed by atoms with Gasteiger partial charge in [0.1, 0.15) is 0 Å². The van der Waals surface area contributed by atoms with Crippen LogP contribution in [-0.2, 0) is 9.53 Å². The number of carboxylic acids is 1. The highest BCUT2D eigenvalue weighted by Gasteiger charge is 2.36. The van der Waals surface area contributed by atoms with Crippen molar-refractivity contribution < 1.29 is 23.4 Å². The topological polar surface area (TPSA) is 62.7 Å². The van der Waals surface area contributed by atoms with Crippen molar-refractivity contribution in [2.45, 2.75) is 73.0 Å². The quantitative estimate of drug-likeness (QED) is 0.575. The molecular weight excluding hydrogens is 426 g/mol. The van der Waals surface area contributed by atoms with Crippen molar-refractivity contribution in [1.29, 1.82) is 0 Å². The zero-order valence-electron chi connectivity index (χ0n) is 20.6. The minimum absolute atomic E-state index is 0.0616. The SMILES string of the molecule is Cc1ccc(-c2cnc(C)c([C@H](OC(C)(C)C)C(=O)O)c2N2CCC(C)(C)CC2)c(F)c1F. The molecule has 2 heterocycles. The Labute approximate surface area is 194 Å². The van der Waals surface area contributed by atoms with E-state index in [0.29, 0.717) is 35.6 Å². The van der Waals surface area contributed by atoms with Crippen molar-refractivity contribution in [3.05, 3.63) is 46.8 Å². The predicted octanol–water partition coefficient (Wildman–Crippen LogP) is 6.21. The third kappa shape index (κ3) is 5.35. The molecule has 1 saturated heterocycles. The predicted molar refractivity (Wildman–Crippen MR) is 126 cm³/mol. The van der Waals surface area contributed by atoms with Crippen LogP contribution in [0.3, 0.4) is 0 Å². The van der Waals surface area contributed by atoms with Gasteiger partial charge in [-0.05, 0) is 58.4 Å². The number of carbonyl (C=O) groups is 1. The monoisotopic (exact) mass is 460 g/mol. The van der Waals surface area contributed by atoms with E-state index in [1.807, 2.05) is 0 Å². The van der Waals surface area contributed by atoms with E-state index >= 15 is 4.39 Å². The van der Waals surface area contributed by atoms with E-state index in [0.717, 1.165) is 12.8 Å². The summed E-state index contributed by atoms with van der Waals surface area (Å²) in [5.41, 5.74) is 1.47. The van der Waals surface area contributed by atoms with Crippen LogP contribution in [0, 0.1) is 30.9 Å². The van der Waals surface area contributed by atoms with Crippen LogP contribution < -0.4 is 4.90 Å². The number of benzene rings is 1. The van der Waals surface area contributed by atoms with Gasteiger partial charge in [-0.3, -0.25) is 4.98 Å². The molecule has 1 aromatic carbocycles. The average Bonchev–Trinajstić information content (AvgIpc) is 2.70. The summed E-state index contributed by atoms with van der Waals surface area (Å²) in [5, 5.41) is 10.1. The highest BCUT2D eigenvalue weighted by Crippen LogP contribution is 2.44. The van der Waals surface area contributed by atoms with E-state index < -0.39 is 29.3 Å². The second-order valence-electron chi connectivity index (χ2n) is 10.7. The maximum atomic E-state index is 15.1. The van der Waals surface area contributed by atoms with Gasteiger partial charge in [0.25, 0.3) is 0 Å². The number of halogens is 2. The minimum atomic E-state index is -1.30. The van der Waals surface area contributed by atoms with Crippen molar-refractivity contribution in [3.63, 3.8) is 0 Å². The molecule has 0 bridgehead atoms. The lowest BCUT2D eigenvalue weighted by Gasteiger charge is -2.41. The van der Waals surface area contributed by atoms with Gasteiger partial charge in [0.05, 0.1) is 11.3 Å². The van der Waals surface area contributed by atoms with Gasteiger partial charge in [0, 0.05) is 41.7 Å². The van der Waals surface area contributed by atoms with E-state index in [9.17, 15) is 14.3 Å². The Kier molecular flexibility index (Phi) is 6.85. The molecular formula is C26H34F2N2O3. The zero-order chi connectivity index (χ0) is 24.7. The number of aryl methyl sites for hydroxylation is 2. The van der Waals surface area contributed by atoms with Crippen molar-refractivity contribution in [3.8, 4) is 11.1 Å². The summed E-state index contributed by atoms with van der Waals surface area (Å²) in [4.78, 5) is 18.9. The molecule has 180 valence electrons. The lowest BCUT2D eigenvalue weighted by molar-refractivity contribution is -0.160. The van der Waals surface area contributed by atoms with Gasteiger partial charge in [-0.15, -0.1) is 0 Å². The fourth-order valence-electron chi connectivity index (χ4n) is 4.24. The van der Waals surface area contributed by atoms with Gasteiger partial charge in [0.2, 0.25) is 0 Å². The summed E-state index contributed by atoms with van der Waals surface area (Å²) >= 11 is 0. The van der Waals surface area contributed by atoms with Crippen molar-refractivity contribution in [1.82, 2.24) is 4.98 Å². The van der Waals surface area contributed by atoms with E-state index in [2.05, 4.69) is 23.7 Å². The van der Waals surface area contributed by atoms with E-state index in [-0.39, 0.29) is 16.5 Å². The Balaban J connectivity index is 2.30. The molecule has 3 rings (SSSR count). The highest BCUT2D eigenvalue weighted by molar-refractivity contribution is 5.86. The summed E-state index contributed by atoms with van der Waals surface area (Å²) in [6.45, 7) is 14.3. The summed E-state index contributed by atoms with van der Waals surface area (Å²) < 4.78 is 35.6. The van der Waals surface area contributed by atoms with Gasteiger partial charge in [-0.25, -0.2) is 13.6 Å². The summed E-state index contributed by atoms with van der Waals surface area (Å²) in [6, 6.07) is 3.05. The number of ether oxygens (including phenoxy) is 1. The second kappa shape index (κ2) is 9.01. The number of hydrogen-bond donors (Lipinski definition) is 1.